The zero-order valence-electron chi connectivity index (χ0n) is 7.37. The first-order chi connectivity index (χ1) is 6.25. The first-order valence-corrected chi connectivity index (χ1v) is 4.66. The van der Waals surface area contributed by atoms with Crippen molar-refractivity contribution >= 4 is 11.6 Å². The third-order valence-corrected chi connectivity index (χ3v) is 2.23. The average Bonchev–Trinajstić information content (AvgIpc) is 2.53. The van der Waals surface area contributed by atoms with E-state index in [-0.39, 0.29) is 12.4 Å². The molecular weight excluding hydrogens is 188 g/mol. The first kappa shape index (κ1) is 9.00. The molecule has 0 bridgehead atoms. The molecule has 0 aliphatic carbocycles. The van der Waals surface area contributed by atoms with E-state index in [0.717, 1.165) is 10.6 Å². The molecule has 1 aliphatic rings. The van der Waals surface area contributed by atoms with Crippen molar-refractivity contribution in [3.05, 3.63) is 34.9 Å². The minimum Gasteiger partial charge on any atom is -0.346 e. The number of hydrogen-bond acceptors (Lipinski definition) is 2. The van der Waals surface area contributed by atoms with Crippen molar-refractivity contribution in [1.29, 1.82) is 0 Å². The van der Waals surface area contributed by atoms with Gasteiger partial charge in [-0.25, -0.2) is 0 Å². The van der Waals surface area contributed by atoms with Crippen molar-refractivity contribution in [3.8, 4) is 0 Å². The van der Waals surface area contributed by atoms with E-state index in [2.05, 4.69) is 0 Å². The van der Waals surface area contributed by atoms with Crippen LogP contribution in [0.2, 0.25) is 5.02 Å². The molecule has 13 heavy (non-hydrogen) atoms. The van der Waals surface area contributed by atoms with Crippen molar-refractivity contribution in [3.63, 3.8) is 0 Å². The van der Waals surface area contributed by atoms with Gasteiger partial charge >= 0.3 is 0 Å². The lowest BCUT2D eigenvalue weighted by Gasteiger charge is -2.09. The molecule has 2 rings (SSSR count). The molecule has 1 aliphatic heterocycles. The van der Waals surface area contributed by atoms with Gasteiger partial charge in [0.25, 0.3) is 0 Å². The molecule has 0 unspecified atom stereocenters. The van der Waals surface area contributed by atoms with Crippen LogP contribution in [0.15, 0.2) is 24.3 Å². The second kappa shape index (κ2) is 3.66. The highest BCUT2D eigenvalue weighted by molar-refractivity contribution is 6.30. The molecule has 1 saturated heterocycles. The smallest absolute Gasteiger partial charge is 0.184 e. The molecule has 70 valence electrons. The van der Waals surface area contributed by atoms with Crippen molar-refractivity contribution in [2.24, 2.45) is 0 Å². The van der Waals surface area contributed by atoms with Crippen molar-refractivity contribution in [2.45, 2.75) is 19.3 Å². The Morgan fingerprint density at radius 1 is 1.31 bits per heavy atom. The van der Waals surface area contributed by atoms with Gasteiger partial charge in [-0.05, 0) is 19.1 Å². The molecular formula is C10H11ClO2. The number of rotatable bonds is 1. The average molecular weight is 199 g/mol. The van der Waals surface area contributed by atoms with Gasteiger partial charge < -0.3 is 9.47 Å². The number of hydrogen-bond donors (Lipinski definition) is 0. The number of halogens is 1. The van der Waals surface area contributed by atoms with E-state index in [1.54, 1.807) is 0 Å². The third kappa shape index (κ3) is 2.02. The maximum absolute atomic E-state index is 5.77. The van der Waals surface area contributed by atoms with Crippen LogP contribution in [0.3, 0.4) is 0 Å². The zero-order chi connectivity index (χ0) is 9.26. The van der Waals surface area contributed by atoms with Gasteiger partial charge in [-0.1, -0.05) is 23.7 Å². The molecule has 0 aromatic heterocycles. The summed E-state index contributed by atoms with van der Waals surface area (Å²) in [6.45, 7) is 2.66. The molecule has 3 heteroatoms. The van der Waals surface area contributed by atoms with Gasteiger partial charge in [-0.3, -0.25) is 0 Å². The maximum Gasteiger partial charge on any atom is 0.184 e. The topological polar surface area (TPSA) is 18.5 Å². The van der Waals surface area contributed by atoms with Gasteiger partial charge in [-0.2, -0.15) is 0 Å². The van der Waals surface area contributed by atoms with Crippen LogP contribution in [0.5, 0.6) is 0 Å². The molecule has 1 aromatic rings. The Morgan fingerprint density at radius 2 is 2.00 bits per heavy atom. The molecule has 1 heterocycles. The van der Waals surface area contributed by atoms with Gasteiger partial charge in [0.1, 0.15) is 0 Å². The monoisotopic (exact) mass is 198 g/mol. The molecule has 0 spiro atoms. The van der Waals surface area contributed by atoms with E-state index >= 15 is 0 Å². The van der Waals surface area contributed by atoms with E-state index in [0.29, 0.717) is 6.61 Å². The fraction of sp³-hybridized carbons (Fsp3) is 0.400. The van der Waals surface area contributed by atoms with Gasteiger partial charge in [0, 0.05) is 10.6 Å². The van der Waals surface area contributed by atoms with Crippen molar-refractivity contribution < 1.29 is 9.47 Å². The quantitative estimate of drug-likeness (QED) is 0.691. The molecule has 0 radical (unpaired) electrons. The fourth-order valence-corrected chi connectivity index (χ4v) is 1.43. The first-order valence-electron chi connectivity index (χ1n) is 4.28. The lowest BCUT2D eigenvalue weighted by atomic mass is 10.2. The highest BCUT2D eigenvalue weighted by Gasteiger charge is 2.23. The predicted octanol–water partition coefficient (Wildman–Crippen LogP) is 2.77. The second-order valence-corrected chi connectivity index (χ2v) is 3.60. The summed E-state index contributed by atoms with van der Waals surface area (Å²) in [7, 11) is 0. The van der Waals surface area contributed by atoms with E-state index in [1.807, 2.05) is 31.2 Å². The molecule has 2 atom stereocenters. The third-order valence-electron chi connectivity index (χ3n) is 1.98. The standard InChI is InChI=1S/C10H11ClO2/c1-7-6-12-10(13-7)8-2-4-9(11)5-3-8/h2-5,7,10H,6H2,1H3/t7-,10+/m0/s1. The molecule has 1 aromatic carbocycles. The minimum atomic E-state index is -0.215. The van der Waals surface area contributed by atoms with Crippen molar-refractivity contribution in [2.75, 3.05) is 6.61 Å². The fourth-order valence-electron chi connectivity index (χ4n) is 1.31. The summed E-state index contributed by atoms with van der Waals surface area (Å²) in [6, 6.07) is 7.52. The normalized spacial score (nSPS) is 27.8. The predicted molar refractivity (Wildman–Crippen MR) is 50.7 cm³/mol. The highest BCUT2D eigenvalue weighted by atomic mass is 35.5. The van der Waals surface area contributed by atoms with Crippen LogP contribution in [0.25, 0.3) is 0 Å². The Hall–Kier alpha value is -0.570. The SMILES string of the molecule is C[C@H]1CO[C@@H](c2ccc(Cl)cc2)O1. The highest BCUT2D eigenvalue weighted by Crippen LogP contribution is 2.27. The molecule has 0 N–H and O–H groups in total. The van der Waals surface area contributed by atoms with Crippen LogP contribution in [0, 0.1) is 0 Å². The lowest BCUT2D eigenvalue weighted by Crippen LogP contribution is -2.02. The molecule has 1 fully saturated rings. The van der Waals surface area contributed by atoms with E-state index in [4.69, 9.17) is 21.1 Å². The van der Waals surface area contributed by atoms with Crippen molar-refractivity contribution in [1.82, 2.24) is 0 Å². The number of benzene rings is 1. The molecule has 2 nitrogen and oxygen atoms in total. The largest absolute Gasteiger partial charge is 0.346 e. The van der Waals surface area contributed by atoms with E-state index < -0.39 is 0 Å². The Balaban J connectivity index is 2.13. The van der Waals surface area contributed by atoms with Crippen LogP contribution in [0.4, 0.5) is 0 Å². The summed E-state index contributed by atoms with van der Waals surface area (Å²) < 4.78 is 10.9. The summed E-state index contributed by atoms with van der Waals surface area (Å²) in [5, 5.41) is 0.731. The summed E-state index contributed by atoms with van der Waals surface area (Å²) in [6.07, 6.45) is -0.0343. The van der Waals surface area contributed by atoms with Crippen LogP contribution >= 0.6 is 11.6 Å². The van der Waals surface area contributed by atoms with Gasteiger partial charge in [0.2, 0.25) is 0 Å². The lowest BCUT2D eigenvalue weighted by molar-refractivity contribution is -0.0572. The van der Waals surface area contributed by atoms with Crippen LogP contribution in [0.1, 0.15) is 18.8 Å². The van der Waals surface area contributed by atoms with E-state index in [9.17, 15) is 0 Å². The van der Waals surface area contributed by atoms with Crippen LogP contribution in [-0.4, -0.2) is 12.7 Å². The Kier molecular flexibility index (Phi) is 2.54. The minimum absolute atomic E-state index is 0.181. The summed E-state index contributed by atoms with van der Waals surface area (Å²) in [5.41, 5.74) is 1.02. The zero-order valence-corrected chi connectivity index (χ0v) is 8.12. The second-order valence-electron chi connectivity index (χ2n) is 3.16. The Bertz CT molecular complexity index is 283. The van der Waals surface area contributed by atoms with Gasteiger partial charge in [0.15, 0.2) is 6.29 Å². The Labute approximate surface area is 82.4 Å². The van der Waals surface area contributed by atoms with Gasteiger partial charge in [0.05, 0.1) is 12.7 Å². The number of ether oxygens (including phenoxy) is 2. The summed E-state index contributed by atoms with van der Waals surface area (Å²) in [4.78, 5) is 0. The molecule has 0 amide bonds. The van der Waals surface area contributed by atoms with Crippen LogP contribution < -0.4 is 0 Å². The maximum atomic E-state index is 5.77. The van der Waals surface area contributed by atoms with Crippen LogP contribution in [-0.2, 0) is 9.47 Å². The summed E-state index contributed by atoms with van der Waals surface area (Å²) >= 11 is 5.77. The van der Waals surface area contributed by atoms with Gasteiger partial charge in [-0.15, -0.1) is 0 Å². The summed E-state index contributed by atoms with van der Waals surface area (Å²) in [5.74, 6) is 0. The molecule has 0 saturated carbocycles. The Morgan fingerprint density at radius 3 is 2.54 bits per heavy atom. The van der Waals surface area contributed by atoms with E-state index in [1.165, 1.54) is 0 Å².